The predicted octanol–water partition coefficient (Wildman–Crippen LogP) is 1.51. The Labute approximate surface area is 91.3 Å². The van der Waals surface area contributed by atoms with Crippen LogP contribution in [0.15, 0.2) is 22.6 Å². The summed E-state index contributed by atoms with van der Waals surface area (Å²) in [5.41, 5.74) is 1.45. The Hall–Kier alpha value is -1.88. The number of benzene rings is 1. The van der Waals surface area contributed by atoms with E-state index in [0.29, 0.717) is 29.0 Å². The van der Waals surface area contributed by atoms with Gasteiger partial charge >= 0.3 is 5.97 Å². The highest BCUT2D eigenvalue weighted by atomic mass is 16.4. The molecule has 0 aliphatic carbocycles. The van der Waals surface area contributed by atoms with Gasteiger partial charge in [-0.25, -0.2) is 9.78 Å². The molecule has 0 saturated carbocycles. The van der Waals surface area contributed by atoms with Gasteiger partial charge in [0.25, 0.3) is 0 Å². The van der Waals surface area contributed by atoms with Gasteiger partial charge in [-0.3, -0.25) is 0 Å². The molecule has 0 radical (unpaired) electrons. The van der Waals surface area contributed by atoms with Gasteiger partial charge in [0.1, 0.15) is 5.52 Å². The van der Waals surface area contributed by atoms with Crippen LogP contribution in [0, 0.1) is 0 Å². The van der Waals surface area contributed by atoms with Crippen LogP contribution in [-0.2, 0) is 11.2 Å². The number of hydrogen-bond donors (Lipinski definition) is 2. The van der Waals surface area contributed by atoms with Gasteiger partial charge in [0.05, 0.1) is 0 Å². The highest BCUT2D eigenvalue weighted by Crippen LogP contribution is 2.21. The molecule has 16 heavy (non-hydrogen) atoms. The molecular weight excluding hydrogens is 210 g/mol. The molecule has 0 saturated heterocycles. The second-order valence-corrected chi connectivity index (χ2v) is 3.43. The molecule has 5 heteroatoms. The molecule has 1 atom stereocenters. The lowest BCUT2D eigenvalue weighted by Gasteiger charge is -2.03. The lowest BCUT2D eigenvalue weighted by atomic mass is 10.1. The van der Waals surface area contributed by atoms with Crippen molar-refractivity contribution < 1.29 is 19.4 Å². The molecule has 1 aromatic heterocycles. The first-order chi connectivity index (χ1) is 7.61. The lowest BCUT2D eigenvalue weighted by molar-refractivity contribution is -0.146. The molecule has 0 spiro atoms. The van der Waals surface area contributed by atoms with Gasteiger partial charge in [-0.05, 0) is 17.7 Å². The van der Waals surface area contributed by atoms with Gasteiger partial charge in [0.2, 0.25) is 0 Å². The lowest BCUT2D eigenvalue weighted by Crippen LogP contribution is -2.09. The quantitative estimate of drug-likeness (QED) is 0.820. The van der Waals surface area contributed by atoms with Gasteiger partial charge < -0.3 is 14.6 Å². The number of oxazole rings is 1. The first-order valence-electron chi connectivity index (χ1n) is 4.92. The average Bonchev–Trinajstić information content (AvgIpc) is 2.69. The van der Waals surface area contributed by atoms with Crippen molar-refractivity contribution in [3.8, 4) is 0 Å². The van der Waals surface area contributed by atoms with Crippen molar-refractivity contribution in [1.82, 2.24) is 4.98 Å². The fraction of sp³-hybridized carbons (Fsp3) is 0.273. The Bertz CT molecular complexity index is 532. The zero-order valence-corrected chi connectivity index (χ0v) is 8.67. The minimum Gasteiger partial charge on any atom is -0.479 e. The molecule has 5 nitrogen and oxygen atoms in total. The van der Waals surface area contributed by atoms with Gasteiger partial charge in [-0.15, -0.1) is 0 Å². The van der Waals surface area contributed by atoms with Crippen LogP contribution in [0.25, 0.3) is 11.1 Å². The minimum atomic E-state index is -1.53. The molecule has 2 N–H and O–H groups in total. The number of carboxylic acids is 1. The third-order valence-electron chi connectivity index (χ3n) is 2.31. The van der Waals surface area contributed by atoms with Crippen molar-refractivity contribution in [2.75, 3.05) is 0 Å². The summed E-state index contributed by atoms with van der Waals surface area (Å²) >= 11 is 0. The Morgan fingerprint density at radius 2 is 2.31 bits per heavy atom. The van der Waals surface area contributed by atoms with Crippen molar-refractivity contribution in [3.05, 3.63) is 29.7 Å². The first kappa shape index (κ1) is 10.6. The fourth-order valence-electron chi connectivity index (χ4n) is 1.45. The third-order valence-corrected chi connectivity index (χ3v) is 2.31. The molecule has 1 unspecified atom stereocenters. The smallest absolute Gasteiger partial charge is 0.337 e. The van der Waals surface area contributed by atoms with Crippen LogP contribution in [0.2, 0.25) is 0 Å². The van der Waals surface area contributed by atoms with E-state index >= 15 is 0 Å². The summed E-state index contributed by atoms with van der Waals surface area (Å²) in [5, 5.41) is 18.0. The van der Waals surface area contributed by atoms with Crippen LogP contribution in [-0.4, -0.2) is 21.2 Å². The molecular formula is C11H11NO4. The number of fused-ring (bicyclic) bond motifs is 1. The number of aryl methyl sites for hydroxylation is 1. The molecule has 0 bridgehead atoms. The molecule has 2 aromatic rings. The number of nitrogens with zero attached hydrogens (tertiary/aromatic N) is 1. The van der Waals surface area contributed by atoms with Crippen LogP contribution >= 0.6 is 0 Å². The van der Waals surface area contributed by atoms with Gasteiger partial charge in [-0.2, -0.15) is 0 Å². The first-order valence-corrected chi connectivity index (χ1v) is 4.92. The summed E-state index contributed by atoms with van der Waals surface area (Å²) in [4.78, 5) is 14.8. The van der Waals surface area contributed by atoms with Crippen molar-refractivity contribution in [2.45, 2.75) is 19.4 Å². The average molecular weight is 221 g/mol. The molecule has 0 aliphatic heterocycles. The number of carboxylic acid groups (broad SMARTS) is 1. The van der Waals surface area contributed by atoms with E-state index < -0.39 is 12.1 Å². The highest BCUT2D eigenvalue weighted by molar-refractivity contribution is 5.78. The summed E-state index contributed by atoms with van der Waals surface area (Å²) in [7, 11) is 0. The van der Waals surface area contributed by atoms with Crippen molar-refractivity contribution >= 4 is 17.1 Å². The Balaban J connectivity index is 2.46. The molecule has 84 valence electrons. The molecule has 1 aromatic carbocycles. The summed E-state index contributed by atoms with van der Waals surface area (Å²) < 4.78 is 5.37. The zero-order valence-electron chi connectivity index (χ0n) is 8.67. The Kier molecular flexibility index (Phi) is 2.62. The van der Waals surface area contributed by atoms with E-state index in [-0.39, 0.29) is 0 Å². The monoisotopic (exact) mass is 221 g/mol. The number of carbonyl (C=O) groups is 1. The van der Waals surface area contributed by atoms with E-state index in [1.807, 2.05) is 6.92 Å². The number of aliphatic hydroxyl groups is 1. The fourth-order valence-corrected chi connectivity index (χ4v) is 1.45. The van der Waals surface area contributed by atoms with E-state index in [1.165, 1.54) is 12.1 Å². The number of aliphatic hydroxyl groups excluding tert-OH is 1. The SMILES string of the molecule is CCc1nc2ccc(C(O)C(=O)O)cc2o1. The van der Waals surface area contributed by atoms with E-state index in [0.717, 1.165) is 0 Å². The zero-order chi connectivity index (χ0) is 11.7. The number of aromatic nitrogens is 1. The maximum absolute atomic E-state index is 10.6. The van der Waals surface area contributed by atoms with Crippen LogP contribution in [0.3, 0.4) is 0 Å². The van der Waals surface area contributed by atoms with Gasteiger partial charge in [0, 0.05) is 6.42 Å². The summed E-state index contributed by atoms with van der Waals surface area (Å²) in [6.45, 7) is 1.91. The van der Waals surface area contributed by atoms with Crippen molar-refractivity contribution in [3.63, 3.8) is 0 Å². The molecule has 1 heterocycles. The van der Waals surface area contributed by atoms with E-state index in [1.54, 1.807) is 6.07 Å². The van der Waals surface area contributed by atoms with E-state index in [9.17, 15) is 9.90 Å². The van der Waals surface area contributed by atoms with Gasteiger partial charge in [-0.1, -0.05) is 13.0 Å². The predicted molar refractivity (Wildman–Crippen MR) is 56.0 cm³/mol. The molecule has 0 amide bonds. The Morgan fingerprint density at radius 1 is 1.56 bits per heavy atom. The normalized spacial score (nSPS) is 12.9. The Morgan fingerprint density at radius 3 is 2.94 bits per heavy atom. The molecule has 2 rings (SSSR count). The van der Waals surface area contributed by atoms with Gasteiger partial charge in [0.15, 0.2) is 17.6 Å². The summed E-state index contributed by atoms with van der Waals surface area (Å²) in [5.74, 6) is -0.688. The topological polar surface area (TPSA) is 83.6 Å². The van der Waals surface area contributed by atoms with E-state index in [4.69, 9.17) is 9.52 Å². The van der Waals surface area contributed by atoms with Crippen LogP contribution in [0.4, 0.5) is 0 Å². The maximum atomic E-state index is 10.6. The number of rotatable bonds is 3. The van der Waals surface area contributed by atoms with Crippen LogP contribution in [0.1, 0.15) is 24.5 Å². The molecule has 0 fully saturated rings. The third kappa shape index (κ3) is 1.77. The minimum absolute atomic E-state index is 0.291. The van der Waals surface area contributed by atoms with Crippen LogP contribution in [0.5, 0.6) is 0 Å². The van der Waals surface area contributed by atoms with Crippen LogP contribution < -0.4 is 0 Å². The standard InChI is InChI=1S/C11H11NO4/c1-2-9-12-7-4-3-6(5-8(7)16-9)10(13)11(14)15/h3-5,10,13H,2H2,1H3,(H,14,15). The molecule has 0 aliphatic rings. The summed E-state index contributed by atoms with van der Waals surface area (Å²) in [6, 6.07) is 4.67. The second-order valence-electron chi connectivity index (χ2n) is 3.43. The van der Waals surface area contributed by atoms with E-state index in [2.05, 4.69) is 4.98 Å². The second kappa shape index (κ2) is 3.94. The number of hydrogen-bond acceptors (Lipinski definition) is 4. The van der Waals surface area contributed by atoms with Crippen molar-refractivity contribution in [2.24, 2.45) is 0 Å². The van der Waals surface area contributed by atoms with Crippen molar-refractivity contribution in [1.29, 1.82) is 0 Å². The maximum Gasteiger partial charge on any atom is 0.337 e. The number of aliphatic carboxylic acids is 1. The highest BCUT2D eigenvalue weighted by Gasteiger charge is 2.17. The largest absolute Gasteiger partial charge is 0.479 e. The summed E-state index contributed by atoms with van der Waals surface area (Å²) in [6.07, 6.45) is -0.856.